The van der Waals surface area contributed by atoms with Crippen LogP contribution in [0.5, 0.6) is 0 Å². The van der Waals surface area contributed by atoms with Gasteiger partial charge < -0.3 is 10.1 Å². The Morgan fingerprint density at radius 3 is 2.61 bits per heavy atom. The van der Waals surface area contributed by atoms with Gasteiger partial charge >= 0.3 is 6.18 Å². The first-order valence-corrected chi connectivity index (χ1v) is 6.65. The molecule has 2 atom stereocenters. The fraction of sp³-hybridized carbons (Fsp3) is 1.00. The smallest absolute Gasteiger partial charge is 0.375 e. The quantitative estimate of drug-likeness (QED) is 0.821. The summed E-state index contributed by atoms with van der Waals surface area (Å²) >= 11 is 0. The maximum Gasteiger partial charge on any atom is 0.389 e. The predicted octanol–water partition coefficient (Wildman–Crippen LogP) is 3.65. The van der Waals surface area contributed by atoms with Gasteiger partial charge in [0.05, 0.1) is 5.60 Å². The Labute approximate surface area is 107 Å². The molecule has 0 saturated carbocycles. The zero-order valence-corrected chi connectivity index (χ0v) is 11.4. The molecule has 18 heavy (non-hydrogen) atoms. The van der Waals surface area contributed by atoms with Gasteiger partial charge in [-0.1, -0.05) is 0 Å². The lowest BCUT2D eigenvalue weighted by Crippen LogP contribution is -2.46. The minimum absolute atomic E-state index is 0.123. The van der Waals surface area contributed by atoms with Crippen LogP contribution in [0.3, 0.4) is 0 Å². The molecule has 0 aromatic rings. The minimum Gasteiger partial charge on any atom is -0.375 e. The Morgan fingerprint density at radius 2 is 2.06 bits per heavy atom. The molecule has 0 radical (unpaired) electrons. The van der Waals surface area contributed by atoms with Gasteiger partial charge in [-0.05, 0) is 46.5 Å². The molecule has 1 saturated heterocycles. The first-order chi connectivity index (χ1) is 8.18. The van der Waals surface area contributed by atoms with Crippen molar-refractivity contribution >= 4 is 0 Å². The second-order valence-electron chi connectivity index (χ2n) is 5.87. The molecule has 2 nitrogen and oxygen atoms in total. The Bertz CT molecular complexity index is 253. The highest BCUT2D eigenvalue weighted by atomic mass is 19.4. The summed E-state index contributed by atoms with van der Waals surface area (Å²) in [5, 5.41) is 3.41. The van der Waals surface area contributed by atoms with Crippen LogP contribution in [-0.2, 0) is 4.74 Å². The van der Waals surface area contributed by atoms with Crippen LogP contribution in [0, 0.1) is 0 Å². The summed E-state index contributed by atoms with van der Waals surface area (Å²) in [5.74, 6) is 0. The van der Waals surface area contributed by atoms with Crippen LogP contribution >= 0.6 is 0 Å². The van der Waals surface area contributed by atoms with Crippen molar-refractivity contribution in [3.05, 3.63) is 0 Å². The van der Waals surface area contributed by atoms with Gasteiger partial charge in [0.15, 0.2) is 0 Å². The molecule has 0 aromatic heterocycles. The largest absolute Gasteiger partial charge is 0.389 e. The van der Waals surface area contributed by atoms with E-state index in [1.54, 1.807) is 0 Å². The summed E-state index contributed by atoms with van der Waals surface area (Å²) < 4.78 is 41.7. The highest BCUT2D eigenvalue weighted by molar-refractivity contribution is 4.84. The Kier molecular flexibility index (Phi) is 5.46. The predicted molar refractivity (Wildman–Crippen MR) is 65.6 cm³/mol. The second kappa shape index (κ2) is 6.24. The van der Waals surface area contributed by atoms with Crippen molar-refractivity contribution in [3.8, 4) is 0 Å². The molecule has 2 unspecified atom stereocenters. The van der Waals surface area contributed by atoms with Gasteiger partial charge in [-0.15, -0.1) is 0 Å². The Balaban J connectivity index is 2.21. The SMILES string of the molecule is CC(CCCC(F)(F)F)NC1CCOC(C)(C)C1. The molecule has 1 N–H and O–H groups in total. The number of hydrogen-bond acceptors (Lipinski definition) is 2. The Hall–Kier alpha value is -0.290. The third-order valence-corrected chi connectivity index (χ3v) is 3.31. The lowest BCUT2D eigenvalue weighted by Gasteiger charge is -2.37. The van der Waals surface area contributed by atoms with Gasteiger partial charge in [-0.2, -0.15) is 13.2 Å². The minimum atomic E-state index is -4.03. The molecule has 0 bridgehead atoms. The number of ether oxygens (including phenoxy) is 1. The highest BCUT2D eigenvalue weighted by Crippen LogP contribution is 2.25. The summed E-state index contributed by atoms with van der Waals surface area (Å²) in [7, 11) is 0. The van der Waals surface area contributed by atoms with Gasteiger partial charge in [0.1, 0.15) is 0 Å². The van der Waals surface area contributed by atoms with E-state index in [1.165, 1.54) is 0 Å². The molecular weight excluding hydrogens is 243 g/mol. The van der Waals surface area contributed by atoms with Crippen LogP contribution in [0.1, 0.15) is 52.9 Å². The normalized spacial score (nSPS) is 26.0. The molecule has 0 aromatic carbocycles. The molecule has 108 valence electrons. The number of rotatable bonds is 5. The van der Waals surface area contributed by atoms with Crippen molar-refractivity contribution in [2.45, 2.75) is 76.7 Å². The molecule has 0 amide bonds. The van der Waals surface area contributed by atoms with Crippen molar-refractivity contribution in [2.75, 3.05) is 6.61 Å². The number of halogens is 3. The van der Waals surface area contributed by atoms with Crippen molar-refractivity contribution in [1.82, 2.24) is 5.32 Å². The molecule has 5 heteroatoms. The summed E-state index contributed by atoms with van der Waals surface area (Å²) in [6, 6.07) is 0.487. The third kappa shape index (κ3) is 6.59. The fourth-order valence-corrected chi connectivity index (χ4v) is 2.47. The van der Waals surface area contributed by atoms with Crippen LogP contribution in [-0.4, -0.2) is 30.5 Å². The first-order valence-electron chi connectivity index (χ1n) is 6.65. The summed E-state index contributed by atoms with van der Waals surface area (Å²) in [4.78, 5) is 0. The molecule has 1 fully saturated rings. The molecule has 1 aliphatic rings. The summed E-state index contributed by atoms with van der Waals surface area (Å²) in [6.45, 7) is 6.78. The highest BCUT2D eigenvalue weighted by Gasteiger charge is 2.30. The van der Waals surface area contributed by atoms with E-state index in [2.05, 4.69) is 19.2 Å². The van der Waals surface area contributed by atoms with Crippen molar-refractivity contribution < 1.29 is 17.9 Å². The average Bonchev–Trinajstić information content (AvgIpc) is 2.13. The van der Waals surface area contributed by atoms with E-state index in [4.69, 9.17) is 4.74 Å². The zero-order valence-electron chi connectivity index (χ0n) is 11.4. The maximum absolute atomic E-state index is 12.0. The van der Waals surface area contributed by atoms with E-state index < -0.39 is 12.6 Å². The van der Waals surface area contributed by atoms with Crippen molar-refractivity contribution in [1.29, 1.82) is 0 Å². The van der Waals surface area contributed by atoms with E-state index in [-0.39, 0.29) is 18.1 Å². The number of alkyl halides is 3. The number of nitrogens with one attached hydrogen (secondary N) is 1. The van der Waals surface area contributed by atoms with E-state index in [0.29, 0.717) is 12.5 Å². The van der Waals surface area contributed by atoms with Crippen LogP contribution in [0.25, 0.3) is 0 Å². The molecule has 1 aliphatic heterocycles. The summed E-state index contributed by atoms with van der Waals surface area (Å²) in [6.07, 6.45) is -2.09. The number of hydrogen-bond donors (Lipinski definition) is 1. The second-order valence-corrected chi connectivity index (χ2v) is 5.87. The molecule has 1 heterocycles. The van der Waals surface area contributed by atoms with Gasteiger partial charge in [0, 0.05) is 25.1 Å². The standard InChI is InChI=1S/C13H24F3NO/c1-10(5-4-7-13(14,15)16)17-11-6-8-18-12(2,3)9-11/h10-11,17H,4-9H2,1-3H3. The van der Waals surface area contributed by atoms with Gasteiger partial charge in [-0.3, -0.25) is 0 Å². The van der Waals surface area contributed by atoms with E-state index in [9.17, 15) is 13.2 Å². The molecule has 0 spiro atoms. The van der Waals surface area contributed by atoms with Crippen LogP contribution in [0.2, 0.25) is 0 Å². The van der Waals surface area contributed by atoms with Crippen LogP contribution in [0.4, 0.5) is 13.2 Å². The summed E-state index contributed by atoms with van der Waals surface area (Å²) in [5.41, 5.74) is -0.123. The topological polar surface area (TPSA) is 21.3 Å². The van der Waals surface area contributed by atoms with E-state index >= 15 is 0 Å². The Morgan fingerprint density at radius 1 is 1.39 bits per heavy atom. The average molecular weight is 267 g/mol. The van der Waals surface area contributed by atoms with E-state index in [0.717, 1.165) is 19.4 Å². The first kappa shape index (κ1) is 15.8. The molecule has 1 rings (SSSR count). The van der Waals surface area contributed by atoms with Crippen molar-refractivity contribution in [3.63, 3.8) is 0 Å². The molecular formula is C13H24F3NO. The lowest BCUT2D eigenvalue weighted by molar-refractivity contribution is -0.135. The monoisotopic (exact) mass is 267 g/mol. The third-order valence-electron chi connectivity index (χ3n) is 3.31. The molecule has 0 aliphatic carbocycles. The van der Waals surface area contributed by atoms with Gasteiger partial charge in [0.2, 0.25) is 0 Å². The van der Waals surface area contributed by atoms with Crippen LogP contribution < -0.4 is 5.32 Å². The van der Waals surface area contributed by atoms with E-state index in [1.807, 2.05) is 6.92 Å². The lowest BCUT2D eigenvalue weighted by atomic mass is 9.93. The van der Waals surface area contributed by atoms with Crippen molar-refractivity contribution in [2.24, 2.45) is 0 Å². The zero-order chi connectivity index (χ0) is 13.8. The van der Waals surface area contributed by atoms with Gasteiger partial charge in [-0.25, -0.2) is 0 Å². The van der Waals surface area contributed by atoms with Crippen LogP contribution in [0.15, 0.2) is 0 Å². The fourth-order valence-electron chi connectivity index (χ4n) is 2.47. The van der Waals surface area contributed by atoms with Gasteiger partial charge in [0.25, 0.3) is 0 Å². The maximum atomic E-state index is 12.0.